The smallest absolute Gasteiger partial charge is 0.407 e. The average molecular weight is 425 g/mol. The molecule has 8 heteroatoms. The number of carbonyl (C=O) groups excluding carboxylic acids is 3. The van der Waals surface area contributed by atoms with Crippen molar-refractivity contribution in [2.75, 3.05) is 27.3 Å². The van der Waals surface area contributed by atoms with Crippen molar-refractivity contribution in [3.63, 3.8) is 0 Å². The van der Waals surface area contributed by atoms with E-state index in [0.29, 0.717) is 12.8 Å². The Morgan fingerprint density at radius 2 is 1.80 bits per heavy atom. The van der Waals surface area contributed by atoms with E-state index in [1.807, 2.05) is 0 Å². The highest BCUT2D eigenvalue weighted by Gasteiger charge is 2.53. The fraction of sp³-hybridized carbons (Fsp3) is 0.591. The lowest BCUT2D eigenvalue weighted by Crippen LogP contribution is -2.50. The molecule has 2 N–H and O–H groups in total. The highest BCUT2D eigenvalue weighted by molar-refractivity contribution is 5.90. The van der Waals surface area contributed by atoms with E-state index in [4.69, 9.17) is 14.6 Å². The number of nitrogens with zero attached hydrogens (tertiary/aromatic N) is 1. The predicted molar refractivity (Wildman–Crippen MR) is 116 cm³/mol. The van der Waals surface area contributed by atoms with E-state index < -0.39 is 29.1 Å². The summed E-state index contributed by atoms with van der Waals surface area (Å²) in [6.07, 6.45) is 5.62. The maximum absolute atomic E-state index is 13.3. The van der Waals surface area contributed by atoms with Crippen molar-refractivity contribution in [3.05, 3.63) is 37.0 Å². The first-order valence-corrected chi connectivity index (χ1v) is 9.74. The van der Waals surface area contributed by atoms with Gasteiger partial charge in [-0.25, -0.2) is 9.59 Å². The van der Waals surface area contributed by atoms with E-state index >= 15 is 0 Å². The molecule has 1 saturated carbocycles. The molecule has 2 amide bonds. The zero-order valence-electron chi connectivity index (χ0n) is 19.0. The van der Waals surface area contributed by atoms with Crippen molar-refractivity contribution in [1.29, 1.82) is 0 Å². The molecule has 0 aromatic rings. The van der Waals surface area contributed by atoms with Crippen LogP contribution in [0.1, 0.15) is 40.5 Å². The maximum Gasteiger partial charge on any atom is 0.407 e. The van der Waals surface area contributed by atoms with Crippen LogP contribution in [0.25, 0.3) is 0 Å². The summed E-state index contributed by atoms with van der Waals surface area (Å²) in [7, 11) is 2.28. The van der Waals surface area contributed by atoms with Crippen LogP contribution in [-0.2, 0) is 19.1 Å². The van der Waals surface area contributed by atoms with Crippen molar-refractivity contribution >= 4 is 18.0 Å². The van der Waals surface area contributed by atoms with Gasteiger partial charge in [0, 0.05) is 20.2 Å². The second-order valence-electron chi connectivity index (χ2n) is 7.95. The molecule has 0 aromatic heterocycles. The molecular formula is C22H36N2O6. The van der Waals surface area contributed by atoms with Crippen molar-refractivity contribution in [1.82, 2.24) is 10.2 Å². The third-order valence-corrected chi connectivity index (χ3v) is 4.49. The van der Waals surface area contributed by atoms with Crippen LogP contribution in [-0.4, -0.2) is 66.9 Å². The number of alkyl carbamates (subject to hydrolysis) is 1. The van der Waals surface area contributed by atoms with Crippen molar-refractivity contribution in [2.24, 2.45) is 5.41 Å². The predicted octanol–water partition coefficient (Wildman–Crippen LogP) is 2.59. The summed E-state index contributed by atoms with van der Waals surface area (Å²) in [5, 5.41) is 9.68. The van der Waals surface area contributed by atoms with Gasteiger partial charge in [0.05, 0.1) is 12.5 Å². The van der Waals surface area contributed by atoms with Crippen LogP contribution in [0.4, 0.5) is 4.79 Å². The maximum atomic E-state index is 13.3. The van der Waals surface area contributed by atoms with Crippen LogP contribution in [0.15, 0.2) is 37.0 Å². The molecule has 170 valence electrons. The number of ether oxygens (including phenoxy) is 2. The molecule has 0 bridgehead atoms. The minimum absolute atomic E-state index is 0.153. The summed E-state index contributed by atoms with van der Waals surface area (Å²) in [4.78, 5) is 38.8. The van der Waals surface area contributed by atoms with E-state index in [1.54, 1.807) is 45.9 Å². The van der Waals surface area contributed by atoms with Gasteiger partial charge in [-0.3, -0.25) is 4.79 Å². The number of methoxy groups -OCH3 is 1. The molecule has 8 nitrogen and oxygen atoms in total. The number of hydrogen-bond acceptors (Lipinski definition) is 6. The summed E-state index contributed by atoms with van der Waals surface area (Å²) in [5.41, 5.74) is -0.612. The molecule has 0 saturated heterocycles. The van der Waals surface area contributed by atoms with Gasteiger partial charge in [0.25, 0.3) is 0 Å². The lowest BCUT2D eigenvalue weighted by molar-refractivity contribution is -0.153. The van der Waals surface area contributed by atoms with E-state index in [9.17, 15) is 14.4 Å². The zero-order chi connectivity index (χ0) is 23.5. The number of amides is 2. The molecule has 1 fully saturated rings. The zero-order valence-corrected chi connectivity index (χ0v) is 19.0. The van der Waals surface area contributed by atoms with E-state index in [2.05, 4.69) is 18.5 Å². The van der Waals surface area contributed by atoms with Crippen LogP contribution in [0.2, 0.25) is 0 Å². The lowest BCUT2D eigenvalue weighted by Gasteiger charge is -2.32. The summed E-state index contributed by atoms with van der Waals surface area (Å²) in [5.74, 6) is -0.718. The van der Waals surface area contributed by atoms with Crippen molar-refractivity contribution in [3.8, 4) is 0 Å². The number of carbonyl (C=O) groups is 3. The largest absolute Gasteiger partial charge is 0.467 e. The van der Waals surface area contributed by atoms with Gasteiger partial charge in [-0.2, -0.15) is 0 Å². The Labute approximate surface area is 179 Å². The Bertz CT molecular complexity index is 659. The lowest BCUT2D eigenvalue weighted by atomic mass is 10.0. The standard InChI is InChI=1S/C21H32N2O5.CH4O/c1-8-10-16(9-2)13-23(15(3)17(24)27-7)18(25)21(11-12-21)14-22-19(26)28-20(4,5)6;1-2/h8-10,15H,1-2,11-14H2,3-7H3,(H,22,26);2H,1H3/b16-10+;. The Morgan fingerprint density at radius 3 is 2.20 bits per heavy atom. The van der Waals surface area contributed by atoms with Crippen molar-refractivity contribution in [2.45, 2.75) is 52.2 Å². The molecule has 1 aliphatic carbocycles. The Kier molecular flexibility index (Phi) is 11.1. The normalized spacial score (nSPS) is 15.5. The van der Waals surface area contributed by atoms with Crippen LogP contribution >= 0.6 is 0 Å². The molecule has 0 spiro atoms. The number of rotatable bonds is 9. The van der Waals surface area contributed by atoms with Gasteiger partial charge in [-0.05, 0) is 46.1 Å². The molecule has 1 rings (SSSR count). The van der Waals surface area contributed by atoms with Crippen LogP contribution in [0.5, 0.6) is 0 Å². The molecule has 0 radical (unpaired) electrons. The van der Waals surface area contributed by atoms with Gasteiger partial charge in [0.2, 0.25) is 5.91 Å². The third-order valence-electron chi connectivity index (χ3n) is 4.49. The fourth-order valence-electron chi connectivity index (χ4n) is 2.69. The third kappa shape index (κ3) is 8.41. The highest BCUT2D eigenvalue weighted by atomic mass is 16.6. The van der Waals surface area contributed by atoms with E-state index in [1.165, 1.54) is 12.0 Å². The average Bonchev–Trinajstić information content (AvgIpc) is 3.49. The minimum Gasteiger partial charge on any atom is -0.467 e. The summed E-state index contributed by atoms with van der Waals surface area (Å²) < 4.78 is 10.1. The second-order valence-corrected chi connectivity index (χ2v) is 7.95. The summed E-state index contributed by atoms with van der Waals surface area (Å²) in [6, 6.07) is -0.773. The van der Waals surface area contributed by atoms with Gasteiger partial charge in [-0.15, -0.1) is 0 Å². The number of esters is 1. The molecule has 30 heavy (non-hydrogen) atoms. The number of nitrogens with one attached hydrogen (secondary N) is 1. The molecule has 0 aromatic carbocycles. The first-order chi connectivity index (χ1) is 14.0. The van der Waals surface area contributed by atoms with E-state index in [-0.39, 0.29) is 19.0 Å². The number of allylic oxidation sites excluding steroid dienone is 2. The quantitative estimate of drug-likeness (QED) is 0.435. The molecule has 0 heterocycles. The fourth-order valence-corrected chi connectivity index (χ4v) is 2.69. The van der Waals surface area contributed by atoms with Crippen LogP contribution < -0.4 is 5.32 Å². The summed E-state index contributed by atoms with van der Waals surface area (Å²) >= 11 is 0. The Hall–Kier alpha value is -2.61. The number of hydrogen-bond donors (Lipinski definition) is 2. The Morgan fingerprint density at radius 1 is 1.23 bits per heavy atom. The highest BCUT2D eigenvalue weighted by Crippen LogP contribution is 2.47. The van der Waals surface area contributed by atoms with Crippen LogP contribution in [0, 0.1) is 5.41 Å². The second kappa shape index (κ2) is 12.2. The molecule has 1 aliphatic rings. The Balaban J connectivity index is 0.00000407. The number of aliphatic hydroxyl groups is 1. The van der Waals surface area contributed by atoms with Crippen molar-refractivity contribution < 1.29 is 29.0 Å². The summed E-state index contributed by atoms with van der Waals surface area (Å²) in [6.45, 7) is 14.7. The molecule has 0 aliphatic heterocycles. The number of aliphatic hydroxyl groups excluding tert-OH is 1. The van der Waals surface area contributed by atoms with Gasteiger partial charge >= 0.3 is 12.1 Å². The minimum atomic E-state index is -0.773. The van der Waals surface area contributed by atoms with Gasteiger partial charge in [0.1, 0.15) is 11.6 Å². The van der Waals surface area contributed by atoms with Gasteiger partial charge in [-0.1, -0.05) is 31.4 Å². The van der Waals surface area contributed by atoms with Gasteiger partial charge in [0.15, 0.2) is 0 Å². The van der Waals surface area contributed by atoms with Gasteiger partial charge < -0.3 is 24.8 Å². The van der Waals surface area contributed by atoms with E-state index in [0.717, 1.165) is 12.7 Å². The topological polar surface area (TPSA) is 105 Å². The monoisotopic (exact) mass is 424 g/mol. The van der Waals surface area contributed by atoms with Crippen LogP contribution in [0.3, 0.4) is 0 Å². The SMILES string of the molecule is C=C/C=C(\C=C)CN(C(=O)C1(CNC(=O)OC(C)(C)C)CC1)C(C)C(=O)OC.CO. The molecular weight excluding hydrogens is 388 g/mol. The molecule has 1 unspecified atom stereocenters. The molecule has 1 atom stereocenters. The first-order valence-electron chi connectivity index (χ1n) is 9.74. The first kappa shape index (κ1) is 27.4.